The molecule has 0 N–H and O–H groups in total. The maximum Gasteiger partial charge on any atom is 0.266 e. The van der Waals surface area contributed by atoms with Crippen LogP contribution in [0.1, 0.15) is 11.1 Å². The van der Waals surface area contributed by atoms with Crippen LogP contribution in [-0.2, 0) is 16.6 Å². The summed E-state index contributed by atoms with van der Waals surface area (Å²) in [5, 5.41) is 7.67. The fraction of sp³-hybridized carbons (Fsp3) is 0.100. The fourth-order valence-corrected chi connectivity index (χ4v) is 4.45. The number of halogens is 1. The zero-order valence-corrected chi connectivity index (χ0v) is 15.8. The predicted octanol–water partition coefficient (Wildman–Crippen LogP) is 3.57. The van der Waals surface area contributed by atoms with Crippen molar-refractivity contribution < 1.29 is 12.8 Å². The molecule has 2 aromatic carbocycles. The van der Waals surface area contributed by atoms with Crippen LogP contribution in [0.15, 0.2) is 78.1 Å². The van der Waals surface area contributed by atoms with E-state index in [1.54, 1.807) is 10.5 Å². The number of hydrogen-bond acceptors (Lipinski definition) is 4. The third kappa shape index (κ3) is 3.46. The Labute approximate surface area is 161 Å². The summed E-state index contributed by atoms with van der Waals surface area (Å²) in [5.41, 5.74) is 2.79. The van der Waals surface area contributed by atoms with Crippen molar-refractivity contribution in [2.45, 2.75) is 18.4 Å². The molecule has 0 radical (unpaired) electrons. The lowest BCUT2D eigenvalue weighted by Gasteiger charge is -2.25. The molecule has 0 unspecified atom stereocenters. The van der Waals surface area contributed by atoms with Crippen molar-refractivity contribution in [1.29, 1.82) is 0 Å². The first-order chi connectivity index (χ1) is 13.4. The molecule has 0 aliphatic carbocycles. The topological polar surface area (TPSA) is 67.6 Å². The van der Waals surface area contributed by atoms with Crippen molar-refractivity contribution >= 4 is 21.4 Å². The summed E-state index contributed by atoms with van der Waals surface area (Å²) < 4.78 is 43.1. The van der Waals surface area contributed by atoms with Gasteiger partial charge in [-0.05, 0) is 48.9 Å². The van der Waals surface area contributed by atoms with Crippen molar-refractivity contribution in [2.24, 2.45) is 0 Å². The van der Waals surface area contributed by atoms with E-state index in [9.17, 15) is 12.8 Å². The van der Waals surface area contributed by atoms with Gasteiger partial charge in [-0.15, -0.1) is 10.2 Å². The molecule has 4 rings (SSSR count). The van der Waals surface area contributed by atoms with Crippen LogP contribution in [0.2, 0.25) is 0 Å². The van der Waals surface area contributed by atoms with Gasteiger partial charge in [-0.1, -0.05) is 29.8 Å². The van der Waals surface area contributed by atoms with Crippen LogP contribution in [0, 0.1) is 12.7 Å². The van der Waals surface area contributed by atoms with E-state index < -0.39 is 15.8 Å². The summed E-state index contributed by atoms with van der Waals surface area (Å²) in [4.78, 5) is 0.0942. The summed E-state index contributed by atoms with van der Waals surface area (Å²) in [5.74, 6) is -0.428. The van der Waals surface area contributed by atoms with Crippen molar-refractivity contribution in [3.8, 4) is 0 Å². The van der Waals surface area contributed by atoms with Crippen LogP contribution >= 0.6 is 0 Å². The second kappa shape index (κ2) is 7.05. The number of hydrogen-bond donors (Lipinski definition) is 0. The Morgan fingerprint density at radius 3 is 2.61 bits per heavy atom. The second-order valence-electron chi connectivity index (χ2n) is 6.44. The lowest BCUT2D eigenvalue weighted by Crippen LogP contribution is -2.30. The molecule has 0 fully saturated rings. The van der Waals surface area contributed by atoms with Gasteiger partial charge in [0.1, 0.15) is 17.0 Å². The molecule has 0 atom stereocenters. The minimum atomic E-state index is -3.91. The average Bonchev–Trinajstić information content (AvgIpc) is 3.15. The lowest BCUT2D eigenvalue weighted by atomic mass is 10.1. The Morgan fingerprint density at radius 2 is 1.86 bits per heavy atom. The molecule has 28 heavy (non-hydrogen) atoms. The van der Waals surface area contributed by atoms with Gasteiger partial charge in [-0.25, -0.2) is 12.8 Å². The van der Waals surface area contributed by atoms with Gasteiger partial charge in [0.2, 0.25) is 0 Å². The second-order valence-corrected chi connectivity index (χ2v) is 8.30. The van der Waals surface area contributed by atoms with Crippen molar-refractivity contribution in [3.05, 3.63) is 90.1 Å². The van der Waals surface area contributed by atoms with Gasteiger partial charge in [0.05, 0.1) is 12.2 Å². The number of nitrogens with zero attached hydrogens (tertiary/aromatic N) is 4. The standard InChI is InChI=1S/C20H17FN4O2S/c1-15-3-2-4-16(11-15)12-25(18-7-5-17(21)6-8-18)28(26,27)19-9-10-20-23-22-14-24(20)13-19/h2-11,13-14H,12H2,1H3. The van der Waals surface area contributed by atoms with E-state index in [1.807, 2.05) is 31.2 Å². The van der Waals surface area contributed by atoms with Crippen LogP contribution < -0.4 is 4.31 Å². The van der Waals surface area contributed by atoms with E-state index in [4.69, 9.17) is 0 Å². The van der Waals surface area contributed by atoms with E-state index in [0.717, 1.165) is 11.1 Å². The molecule has 142 valence electrons. The highest BCUT2D eigenvalue weighted by Crippen LogP contribution is 2.26. The number of benzene rings is 2. The van der Waals surface area contributed by atoms with Crippen molar-refractivity contribution in [3.63, 3.8) is 0 Å². The molecular formula is C20H17FN4O2S. The summed E-state index contributed by atoms with van der Waals surface area (Å²) in [6, 6.07) is 16.1. The Hall–Kier alpha value is -3.26. The smallest absolute Gasteiger partial charge is 0.266 e. The molecule has 6 nitrogen and oxygen atoms in total. The first-order valence-corrected chi connectivity index (χ1v) is 10.0. The highest BCUT2D eigenvalue weighted by atomic mass is 32.2. The van der Waals surface area contributed by atoms with Crippen LogP contribution in [0.5, 0.6) is 0 Å². The van der Waals surface area contributed by atoms with E-state index in [0.29, 0.717) is 11.3 Å². The Balaban J connectivity index is 1.81. The van der Waals surface area contributed by atoms with Gasteiger partial charge in [0.15, 0.2) is 5.65 Å². The third-order valence-electron chi connectivity index (χ3n) is 4.38. The van der Waals surface area contributed by atoms with Crippen LogP contribution in [-0.4, -0.2) is 23.0 Å². The molecule has 0 aliphatic rings. The zero-order valence-electron chi connectivity index (χ0n) is 15.0. The zero-order chi connectivity index (χ0) is 19.7. The average molecular weight is 396 g/mol. The monoisotopic (exact) mass is 396 g/mol. The molecule has 0 bridgehead atoms. The first-order valence-electron chi connectivity index (χ1n) is 8.57. The molecule has 0 aliphatic heterocycles. The molecular weight excluding hydrogens is 379 g/mol. The molecule has 4 aromatic rings. The van der Waals surface area contributed by atoms with Gasteiger partial charge in [-0.3, -0.25) is 8.71 Å². The van der Waals surface area contributed by atoms with E-state index in [2.05, 4.69) is 10.2 Å². The Morgan fingerprint density at radius 1 is 1.07 bits per heavy atom. The molecule has 0 spiro atoms. The van der Waals surface area contributed by atoms with Gasteiger partial charge >= 0.3 is 0 Å². The summed E-state index contributed by atoms with van der Waals surface area (Å²) in [6.45, 7) is 2.07. The molecule has 0 amide bonds. The molecule has 2 aromatic heterocycles. The van der Waals surface area contributed by atoms with Gasteiger partial charge in [-0.2, -0.15) is 0 Å². The predicted molar refractivity (Wildman–Crippen MR) is 104 cm³/mol. The van der Waals surface area contributed by atoms with E-state index >= 15 is 0 Å². The van der Waals surface area contributed by atoms with Crippen molar-refractivity contribution in [1.82, 2.24) is 14.6 Å². The highest BCUT2D eigenvalue weighted by Gasteiger charge is 2.26. The van der Waals surface area contributed by atoms with Crippen LogP contribution in [0.25, 0.3) is 5.65 Å². The highest BCUT2D eigenvalue weighted by molar-refractivity contribution is 7.92. The SMILES string of the molecule is Cc1cccc(CN(c2ccc(F)cc2)S(=O)(=O)c2ccc3nncn3c2)c1. The van der Waals surface area contributed by atoms with E-state index in [-0.39, 0.29) is 11.4 Å². The van der Waals surface area contributed by atoms with E-state index in [1.165, 1.54) is 47.2 Å². The number of fused-ring (bicyclic) bond motifs is 1. The normalized spacial score (nSPS) is 11.6. The Kier molecular flexibility index (Phi) is 4.56. The molecule has 8 heteroatoms. The number of pyridine rings is 1. The van der Waals surface area contributed by atoms with Gasteiger partial charge in [0.25, 0.3) is 10.0 Å². The largest absolute Gasteiger partial charge is 0.288 e. The van der Waals surface area contributed by atoms with Crippen molar-refractivity contribution in [2.75, 3.05) is 4.31 Å². The fourth-order valence-electron chi connectivity index (χ4n) is 2.99. The third-order valence-corrected chi connectivity index (χ3v) is 6.13. The van der Waals surface area contributed by atoms with Crippen LogP contribution in [0.4, 0.5) is 10.1 Å². The number of sulfonamides is 1. The number of rotatable bonds is 5. The van der Waals surface area contributed by atoms with Crippen LogP contribution in [0.3, 0.4) is 0 Å². The maximum atomic E-state index is 13.5. The summed E-state index contributed by atoms with van der Waals surface area (Å²) in [7, 11) is -3.91. The molecule has 0 saturated heterocycles. The molecule has 2 heterocycles. The number of aryl methyl sites for hydroxylation is 1. The lowest BCUT2D eigenvalue weighted by molar-refractivity contribution is 0.589. The summed E-state index contributed by atoms with van der Waals surface area (Å²) >= 11 is 0. The quantitative estimate of drug-likeness (QED) is 0.517. The minimum Gasteiger partial charge on any atom is -0.288 e. The number of anilines is 1. The minimum absolute atomic E-state index is 0.0942. The maximum absolute atomic E-state index is 13.5. The first kappa shape index (κ1) is 18.1. The Bertz CT molecular complexity index is 1240. The summed E-state index contributed by atoms with van der Waals surface area (Å²) in [6.07, 6.45) is 2.91. The van der Waals surface area contributed by atoms with Gasteiger partial charge in [0, 0.05) is 6.20 Å². The van der Waals surface area contributed by atoms with Gasteiger partial charge < -0.3 is 0 Å². The number of aromatic nitrogens is 3. The molecule has 0 saturated carbocycles.